The van der Waals surface area contributed by atoms with E-state index in [0.29, 0.717) is 24.5 Å². The molecule has 0 aromatic rings. The van der Waals surface area contributed by atoms with Crippen molar-refractivity contribution in [2.75, 3.05) is 27.2 Å². The standard InChI is InChI=1S/C13H28N2O/c1-12(2)8-6-7-11(12)14-9-13(3,16)10-15(4)5/h11,14,16H,6-10H2,1-5H3/t11-,13-/m0/s1. The van der Waals surface area contributed by atoms with Crippen LogP contribution in [0.5, 0.6) is 0 Å². The predicted molar refractivity (Wildman–Crippen MR) is 68.6 cm³/mol. The summed E-state index contributed by atoms with van der Waals surface area (Å²) in [7, 11) is 3.99. The molecule has 1 saturated carbocycles. The largest absolute Gasteiger partial charge is 0.388 e. The van der Waals surface area contributed by atoms with Crippen LogP contribution >= 0.6 is 0 Å². The SMILES string of the molecule is CN(C)C[C@@](C)(O)CN[C@H]1CCCC1(C)C. The number of likely N-dealkylation sites (N-methyl/N-ethyl adjacent to an activating group) is 1. The molecular formula is C13H28N2O. The van der Waals surface area contributed by atoms with Crippen LogP contribution < -0.4 is 5.32 Å². The molecule has 3 heteroatoms. The van der Waals surface area contributed by atoms with Gasteiger partial charge >= 0.3 is 0 Å². The Hall–Kier alpha value is -0.120. The summed E-state index contributed by atoms with van der Waals surface area (Å²) in [6, 6.07) is 0.557. The first kappa shape index (κ1) is 13.9. The van der Waals surface area contributed by atoms with E-state index >= 15 is 0 Å². The van der Waals surface area contributed by atoms with Crippen molar-refractivity contribution in [1.82, 2.24) is 10.2 Å². The minimum absolute atomic E-state index is 0.383. The van der Waals surface area contributed by atoms with E-state index in [1.807, 2.05) is 25.9 Å². The summed E-state index contributed by atoms with van der Waals surface area (Å²) in [5.41, 5.74) is -0.254. The highest BCUT2D eigenvalue weighted by atomic mass is 16.3. The first-order valence-corrected chi connectivity index (χ1v) is 6.33. The first-order valence-electron chi connectivity index (χ1n) is 6.33. The minimum atomic E-state index is -0.637. The molecule has 0 saturated heterocycles. The summed E-state index contributed by atoms with van der Waals surface area (Å²) in [5.74, 6) is 0. The molecule has 2 N–H and O–H groups in total. The van der Waals surface area contributed by atoms with Crippen molar-refractivity contribution in [2.24, 2.45) is 5.41 Å². The Labute approximate surface area is 100 Å². The zero-order valence-electron chi connectivity index (χ0n) is 11.5. The molecule has 16 heavy (non-hydrogen) atoms. The predicted octanol–water partition coefficient (Wildman–Crippen LogP) is 1.47. The van der Waals surface area contributed by atoms with Gasteiger partial charge in [-0.3, -0.25) is 0 Å². The van der Waals surface area contributed by atoms with Crippen molar-refractivity contribution in [3.05, 3.63) is 0 Å². The molecule has 0 spiro atoms. The highest BCUT2D eigenvalue weighted by Gasteiger charge is 2.35. The Bertz CT molecular complexity index is 224. The summed E-state index contributed by atoms with van der Waals surface area (Å²) in [5, 5.41) is 13.8. The van der Waals surface area contributed by atoms with E-state index in [0.717, 1.165) is 0 Å². The van der Waals surface area contributed by atoms with E-state index in [2.05, 4.69) is 19.2 Å². The second-order valence-electron chi connectivity index (χ2n) is 6.55. The van der Waals surface area contributed by atoms with Crippen molar-refractivity contribution >= 4 is 0 Å². The highest BCUT2D eigenvalue weighted by molar-refractivity contribution is 4.92. The van der Waals surface area contributed by atoms with E-state index in [4.69, 9.17) is 0 Å². The van der Waals surface area contributed by atoms with Crippen molar-refractivity contribution < 1.29 is 5.11 Å². The molecule has 96 valence electrons. The van der Waals surface area contributed by atoms with Gasteiger partial charge in [0.1, 0.15) is 0 Å². The van der Waals surface area contributed by atoms with Crippen molar-refractivity contribution in [1.29, 1.82) is 0 Å². The average Bonchev–Trinajstić information content (AvgIpc) is 2.39. The van der Waals surface area contributed by atoms with Gasteiger partial charge in [-0.05, 0) is 39.3 Å². The van der Waals surface area contributed by atoms with Crippen LogP contribution in [0.2, 0.25) is 0 Å². The van der Waals surface area contributed by atoms with Crippen LogP contribution in [0.3, 0.4) is 0 Å². The smallest absolute Gasteiger partial charge is 0.0869 e. The van der Waals surface area contributed by atoms with Gasteiger partial charge in [-0.1, -0.05) is 20.3 Å². The maximum atomic E-state index is 10.2. The first-order chi connectivity index (χ1) is 7.23. The number of hydrogen-bond donors (Lipinski definition) is 2. The second kappa shape index (κ2) is 5.03. The van der Waals surface area contributed by atoms with Gasteiger partial charge < -0.3 is 15.3 Å². The van der Waals surface area contributed by atoms with Gasteiger partial charge in [-0.15, -0.1) is 0 Å². The van der Waals surface area contributed by atoms with Gasteiger partial charge in [0.05, 0.1) is 5.60 Å². The number of nitrogens with one attached hydrogen (secondary N) is 1. The van der Waals surface area contributed by atoms with Gasteiger partial charge in [0, 0.05) is 19.1 Å². The molecule has 0 heterocycles. The van der Waals surface area contributed by atoms with Crippen LogP contribution in [0, 0.1) is 5.41 Å². The fourth-order valence-electron chi connectivity index (χ4n) is 2.79. The van der Waals surface area contributed by atoms with Crippen LogP contribution in [0.15, 0.2) is 0 Å². The van der Waals surface area contributed by atoms with E-state index in [9.17, 15) is 5.11 Å². The van der Waals surface area contributed by atoms with E-state index in [-0.39, 0.29) is 0 Å². The lowest BCUT2D eigenvalue weighted by atomic mass is 9.87. The van der Waals surface area contributed by atoms with Crippen LogP contribution in [0.4, 0.5) is 0 Å². The van der Waals surface area contributed by atoms with E-state index in [1.54, 1.807) is 0 Å². The molecule has 0 aliphatic heterocycles. The van der Waals surface area contributed by atoms with Gasteiger partial charge in [0.15, 0.2) is 0 Å². The van der Waals surface area contributed by atoms with E-state index in [1.165, 1.54) is 19.3 Å². The zero-order chi connectivity index (χ0) is 12.4. The maximum Gasteiger partial charge on any atom is 0.0869 e. The van der Waals surface area contributed by atoms with Gasteiger partial charge in [0.25, 0.3) is 0 Å². The van der Waals surface area contributed by atoms with Crippen LogP contribution in [0.25, 0.3) is 0 Å². The number of nitrogens with zero attached hydrogens (tertiary/aromatic N) is 1. The molecule has 1 aliphatic carbocycles. The van der Waals surface area contributed by atoms with Gasteiger partial charge in [-0.2, -0.15) is 0 Å². The Morgan fingerprint density at radius 3 is 2.50 bits per heavy atom. The molecule has 0 aromatic heterocycles. The Morgan fingerprint density at radius 2 is 2.06 bits per heavy atom. The van der Waals surface area contributed by atoms with Crippen molar-refractivity contribution in [3.8, 4) is 0 Å². The summed E-state index contributed by atoms with van der Waals surface area (Å²) in [6.07, 6.45) is 3.84. The molecule has 0 radical (unpaired) electrons. The van der Waals surface area contributed by atoms with Crippen LogP contribution in [-0.2, 0) is 0 Å². The number of rotatable bonds is 5. The molecule has 0 aromatic carbocycles. The van der Waals surface area contributed by atoms with Gasteiger partial charge in [-0.25, -0.2) is 0 Å². The summed E-state index contributed by atoms with van der Waals surface area (Å²) >= 11 is 0. The van der Waals surface area contributed by atoms with Crippen molar-refractivity contribution in [2.45, 2.75) is 51.7 Å². The van der Waals surface area contributed by atoms with E-state index < -0.39 is 5.60 Å². The fourth-order valence-corrected chi connectivity index (χ4v) is 2.79. The molecule has 1 rings (SSSR count). The third-order valence-electron chi connectivity index (χ3n) is 3.64. The number of aliphatic hydroxyl groups is 1. The Kier molecular flexibility index (Phi) is 4.38. The van der Waals surface area contributed by atoms with Crippen LogP contribution in [-0.4, -0.2) is 48.8 Å². The molecule has 2 atom stereocenters. The normalized spacial score (nSPS) is 28.3. The summed E-state index contributed by atoms with van der Waals surface area (Å²) in [6.45, 7) is 7.92. The lowest BCUT2D eigenvalue weighted by molar-refractivity contribution is 0.0282. The maximum absolute atomic E-state index is 10.2. The van der Waals surface area contributed by atoms with Crippen molar-refractivity contribution in [3.63, 3.8) is 0 Å². The monoisotopic (exact) mass is 228 g/mol. The average molecular weight is 228 g/mol. The topological polar surface area (TPSA) is 35.5 Å². The zero-order valence-corrected chi connectivity index (χ0v) is 11.5. The summed E-state index contributed by atoms with van der Waals surface area (Å²) < 4.78 is 0. The molecule has 0 unspecified atom stereocenters. The number of hydrogen-bond acceptors (Lipinski definition) is 3. The summed E-state index contributed by atoms with van der Waals surface area (Å²) in [4.78, 5) is 2.03. The Balaban J connectivity index is 2.39. The molecule has 3 nitrogen and oxygen atoms in total. The third-order valence-corrected chi connectivity index (χ3v) is 3.64. The molecule has 1 aliphatic rings. The Morgan fingerprint density at radius 1 is 1.44 bits per heavy atom. The van der Waals surface area contributed by atoms with Gasteiger partial charge in [0.2, 0.25) is 0 Å². The van der Waals surface area contributed by atoms with Crippen LogP contribution in [0.1, 0.15) is 40.0 Å². The minimum Gasteiger partial charge on any atom is -0.388 e. The molecule has 0 bridgehead atoms. The molecule has 0 amide bonds. The molecular weight excluding hydrogens is 200 g/mol. The lowest BCUT2D eigenvalue weighted by Gasteiger charge is -2.33. The quantitative estimate of drug-likeness (QED) is 0.748. The lowest BCUT2D eigenvalue weighted by Crippen LogP contribution is -2.50. The third kappa shape index (κ3) is 4.04. The fraction of sp³-hybridized carbons (Fsp3) is 1.00. The highest BCUT2D eigenvalue weighted by Crippen LogP contribution is 2.37. The second-order valence-corrected chi connectivity index (χ2v) is 6.55. The molecule has 1 fully saturated rings.